The first-order valence-corrected chi connectivity index (χ1v) is 12.2. The van der Waals surface area contributed by atoms with Gasteiger partial charge in [-0.3, -0.25) is 19.7 Å². The lowest BCUT2D eigenvalue weighted by Crippen LogP contribution is -2.39. The lowest BCUT2D eigenvalue weighted by molar-refractivity contribution is -0.134. The zero-order valence-corrected chi connectivity index (χ0v) is 20.8. The number of aromatic nitrogens is 2. The molecule has 4 rings (SSSR count). The number of carbonyl (C=O) groups is 2. The average Bonchev–Trinajstić information content (AvgIpc) is 2.92. The van der Waals surface area contributed by atoms with Gasteiger partial charge in [0.2, 0.25) is 17.8 Å². The summed E-state index contributed by atoms with van der Waals surface area (Å²) in [7, 11) is 0. The van der Waals surface area contributed by atoms with Gasteiger partial charge in [-0.15, -0.1) is 0 Å². The fourth-order valence-corrected chi connectivity index (χ4v) is 4.19. The summed E-state index contributed by atoms with van der Waals surface area (Å²) in [4.78, 5) is 34.4. The fourth-order valence-electron chi connectivity index (χ4n) is 4.05. The van der Waals surface area contributed by atoms with Crippen molar-refractivity contribution in [3.05, 3.63) is 78.0 Å². The highest BCUT2D eigenvalue weighted by molar-refractivity contribution is 6.33. The Morgan fingerprint density at radius 3 is 2.46 bits per heavy atom. The van der Waals surface area contributed by atoms with Crippen LogP contribution >= 0.6 is 11.6 Å². The van der Waals surface area contributed by atoms with Gasteiger partial charge in [-0.25, -0.2) is 10.5 Å². The molecule has 0 aliphatic carbocycles. The standard InChI is InChI=1S/C26H28ClN7O3/c1-2-23(35)30-21-5-3-4-6-22(21)31-24-20(27)15-28-26(32-24)29-19-9-7-17(8-10-19)16-34-13-11-18(12-14-34)25(36)33-37/h2-10,15,18,37H,1,11-14,16H2,(H,30,35)(H,33,36)(H2,28,29,31,32). The zero-order valence-electron chi connectivity index (χ0n) is 20.1. The summed E-state index contributed by atoms with van der Waals surface area (Å²) < 4.78 is 0. The molecule has 1 aliphatic heterocycles. The van der Waals surface area contributed by atoms with E-state index in [4.69, 9.17) is 16.8 Å². The molecule has 10 nitrogen and oxygen atoms in total. The number of anilines is 5. The first kappa shape index (κ1) is 26.1. The van der Waals surface area contributed by atoms with Crippen LogP contribution in [0.2, 0.25) is 5.02 Å². The molecule has 1 aromatic heterocycles. The van der Waals surface area contributed by atoms with E-state index < -0.39 is 0 Å². The van der Waals surface area contributed by atoms with Crippen LogP contribution in [0.15, 0.2) is 67.4 Å². The lowest BCUT2D eigenvalue weighted by atomic mass is 9.96. The van der Waals surface area contributed by atoms with Crippen molar-refractivity contribution in [2.45, 2.75) is 19.4 Å². The molecule has 2 aromatic carbocycles. The average molecular weight is 522 g/mol. The number of amides is 2. The van der Waals surface area contributed by atoms with Crippen LogP contribution in [0.4, 0.5) is 28.8 Å². The van der Waals surface area contributed by atoms with Gasteiger partial charge in [0.1, 0.15) is 5.02 Å². The predicted molar refractivity (Wildman–Crippen MR) is 143 cm³/mol. The van der Waals surface area contributed by atoms with Gasteiger partial charge in [0, 0.05) is 18.2 Å². The number of halogens is 1. The molecule has 37 heavy (non-hydrogen) atoms. The molecular weight excluding hydrogens is 494 g/mol. The first-order chi connectivity index (χ1) is 17.9. The summed E-state index contributed by atoms with van der Waals surface area (Å²) in [5, 5.41) is 18.2. The third-order valence-corrected chi connectivity index (χ3v) is 6.33. The van der Waals surface area contributed by atoms with E-state index in [1.54, 1.807) is 23.7 Å². The number of nitrogens with zero attached hydrogens (tertiary/aromatic N) is 3. The molecule has 2 amide bonds. The van der Waals surface area contributed by atoms with E-state index in [2.05, 4.69) is 37.4 Å². The highest BCUT2D eigenvalue weighted by atomic mass is 35.5. The quantitative estimate of drug-likeness (QED) is 0.158. The molecule has 0 unspecified atom stereocenters. The third kappa shape index (κ3) is 7.04. The molecule has 192 valence electrons. The molecule has 5 N–H and O–H groups in total. The van der Waals surface area contributed by atoms with Crippen molar-refractivity contribution >= 4 is 52.2 Å². The maximum absolute atomic E-state index is 11.8. The van der Waals surface area contributed by atoms with E-state index in [1.165, 1.54) is 12.3 Å². The Hall–Kier alpha value is -3.99. The van der Waals surface area contributed by atoms with Crippen LogP contribution in [0.5, 0.6) is 0 Å². The first-order valence-electron chi connectivity index (χ1n) is 11.8. The zero-order chi connectivity index (χ0) is 26.2. The van der Waals surface area contributed by atoms with Gasteiger partial charge in [0.15, 0.2) is 5.82 Å². The van der Waals surface area contributed by atoms with Crippen molar-refractivity contribution in [2.75, 3.05) is 29.0 Å². The van der Waals surface area contributed by atoms with Crippen molar-refractivity contribution < 1.29 is 14.8 Å². The Labute approximate surface area is 219 Å². The molecule has 11 heteroatoms. The number of rotatable bonds is 9. The Bertz CT molecular complexity index is 1260. The van der Waals surface area contributed by atoms with E-state index in [0.29, 0.717) is 28.2 Å². The molecule has 2 heterocycles. The molecule has 0 spiro atoms. The number of benzene rings is 2. The Morgan fingerprint density at radius 1 is 1.08 bits per heavy atom. The second-order valence-electron chi connectivity index (χ2n) is 8.60. The van der Waals surface area contributed by atoms with Crippen molar-refractivity contribution in [3.8, 4) is 0 Å². The maximum atomic E-state index is 11.8. The Morgan fingerprint density at radius 2 is 1.78 bits per heavy atom. The van der Waals surface area contributed by atoms with E-state index in [0.717, 1.165) is 43.7 Å². The summed E-state index contributed by atoms with van der Waals surface area (Å²) >= 11 is 6.32. The minimum atomic E-state index is -0.326. The molecular formula is C26H28ClN7O3. The SMILES string of the molecule is C=CC(=O)Nc1ccccc1Nc1nc(Nc2ccc(CN3CCC(C(=O)NO)CC3)cc2)ncc1Cl. The fraction of sp³-hybridized carbons (Fsp3) is 0.231. The summed E-state index contributed by atoms with van der Waals surface area (Å²) in [5.74, 6) is -0.0224. The molecule has 3 aromatic rings. The van der Waals surface area contributed by atoms with Gasteiger partial charge in [0.25, 0.3) is 0 Å². The van der Waals surface area contributed by atoms with Gasteiger partial charge >= 0.3 is 0 Å². The Kier molecular flexibility index (Phi) is 8.68. The minimum absolute atomic E-state index is 0.133. The molecule has 0 bridgehead atoms. The number of nitrogens with one attached hydrogen (secondary N) is 4. The molecule has 0 atom stereocenters. The summed E-state index contributed by atoms with van der Waals surface area (Å²) in [5.41, 5.74) is 4.89. The van der Waals surface area contributed by atoms with Gasteiger partial charge in [0.05, 0.1) is 17.6 Å². The topological polar surface area (TPSA) is 132 Å². The van der Waals surface area contributed by atoms with Crippen LogP contribution in [-0.4, -0.2) is 45.0 Å². The van der Waals surface area contributed by atoms with Crippen LogP contribution in [0, 0.1) is 5.92 Å². The molecule has 1 saturated heterocycles. The third-order valence-electron chi connectivity index (χ3n) is 6.05. The van der Waals surface area contributed by atoms with Crippen LogP contribution in [0.25, 0.3) is 0 Å². The number of hydroxylamine groups is 1. The summed E-state index contributed by atoms with van der Waals surface area (Å²) in [6, 6.07) is 15.2. The summed E-state index contributed by atoms with van der Waals surface area (Å²) in [6.07, 6.45) is 4.14. The number of piperidine rings is 1. The predicted octanol–water partition coefficient (Wildman–Crippen LogP) is 4.46. The van der Waals surface area contributed by atoms with Crippen LogP contribution in [-0.2, 0) is 16.1 Å². The lowest BCUT2D eigenvalue weighted by Gasteiger charge is -2.30. The van der Waals surface area contributed by atoms with E-state index in [-0.39, 0.29) is 17.7 Å². The smallest absolute Gasteiger partial charge is 0.247 e. The largest absolute Gasteiger partial charge is 0.337 e. The normalized spacial score (nSPS) is 14.0. The van der Waals surface area contributed by atoms with Crippen molar-refractivity contribution in [1.29, 1.82) is 0 Å². The Balaban J connectivity index is 1.38. The number of hydrogen-bond acceptors (Lipinski definition) is 8. The molecule has 1 aliphatic rings. The molecule has 1 fully saturated rings. The van der Waals surface area contributed by atoms with E-state index >= 15 is 0 Å². The van der Waals surface area contributed by atoms with Crippen LogP contribution < -0.4 is 21.4 Å². The highest BCUT2D eigenvalue weighted by Gasteiger charge is 2.24. The second-order valence-corrected chi connectivity index (χ2v) is 9.01. The number of para-hydroxylation sites is 2. The van der Waals surface area contributed by atoms with E-state index in [1.807, 2.05) is 30.3 Å². The maximum Gasteiger partial charge on any atom is 0.247 e. The van der Waals surface area contributed by atoms with Gasteiger partial charge < -0.3 is 16.0 Å². The second kappa shape index (κ2) is 12.3. The number of carbonyl (C=O) groups excluding carboxylic acids is 2. The van der Waals surface area contributed by atoms with Gasteiger partial charge in [-0.05, 0) is 61.8 Å². The summed E-state index contributed by atoms with van der Waals surface area (Å²) in [6.45, 7) is 5.85. The highest BCUT2D eigenvalue weighted by Crippen LogP contribution is 2.29. The monoisotopic (exact) mass is 521 g/mol. The van der Waals surface area contributed by atoms with Crippen LogP contribution in [0.3, 0.4) is 0 Å². The van der Waals surface area contributed by atoms with Gasteiger partial charge in [-0.2, -0.15) is 4.98 Å². The molecule has 0 saturated carbocycles. The van der Waals surface area contributed by atoms with Crippen LogP contribution in [0.1, 0.15) is 18.4 Å². The number of likely N-dealkylation sites (tertiary alicyclic amines) is 1. The van der Waals surface area contributed by atoms with Crippen molar-refractivity contribution in [2.24, 2.45) is 5.92 Å². The molecule has 0 radical (unpaired) electrons. The minimum Gasteiger partial charge on any atom is -0.337 e. The van der Waals surface area contributed by atoms with Crippen molar-refractivity contribution in [1.82, 2.24) is 20.3 Å². The van der Waals surface area contributed by atoms with Gasteiger partial charge in [-0.1, -0.05) is 42.4 Å². The number of hydrogen-bond donors (Lipinski definition) is 5. The van der Waals surface area contributed by atoms with E-state index in [9.17, 15) is 9.59 Å². The van der Waals surface area contributed by atoms with Crippen molar-refractivity contribution in [3.63, 3.8) is 0 Å².